The molecule has 1 aromatic carbocycles. The van der Waals surface area contributed by atoms with Crippen molar-refractivity contribution >= 4 is 34.5 Å². The van der Waals surface area contributed by atoms with Crippen LogP contribution in [0.3, 0.4) is 0 Å². The number of hydrogen-bond acceptors (Lipinski definition) is 4. The van der Waals surface area contributed by atoms with Crippen molar-refractivity contribution in [2.24, 2.45) is 0 Å². The van der Waals surface area contributed by atoms with Crippen molar-refractivity contribution in [2.45, 2.75) is 30.3 Å². The smallest absolute Gasteiger partial charge is 0.342 e. The van der Waals surface area contributed by atoms with E-state index >= 15 is 0 Å². The maximum atomic E-state index is 12.0. The molecule has 0 amide bonds. The molecule has 96 valence electrons. The maximum Gasteiger partial charge on any atom is 0.342 e. The van der Waals surface area contributed by atoms with Crippen LogP contribution in [0.1, 0.15) is 36.2 Å². The van der Waals surface area contributed by atoms with Gasteiger partial charge in [-0.3, -0.25) is 4.79 Å². The molecule has 0 radical (unpaired) electrons. The van der Waals surface area contributed by atoms with Crippen LogP contribution in [0.4, 0.5) is 0 Å². The lowest BCUT2D eigenvalue weighted by Gasteiger charge is -2.18. The molecule has 2 rings (SSSR count). The molecule has 0 aliphatic carbocycles. The van der Waals surface area contributed by atoms with Gasteiger partial charge in [0.05, 0.1) is 0 Å². The zero-order chi connectivity index (χ0) is 13.3. The Labute approximate surface area is 119 Å². The van der Waals surface area contributed by atoms with Gasteiger partial charge in [-0.15, -0.1) is 0 Å². The standard InChI is InChI=1S/C13H13IO4/c1-3-13(2,14)12(16)18-9-6-4-5-8-7-17-11(15)10(8)9/h4-6H,3,7H2,1-2H3. The first-order chi connectivity index (χ1) is 8.45. The van der Waals surface area contributed by atoms with Crippen molar-refractivity contribution < 1.29 is 19.1 Å². The number of carbonyl (C=O) groups excluding carboxylic acids is 2. The third-order valence-electron chi connectivity index (χ3n) is 2.97. The Morgan fingerprint density at radius 2 is 2.28 bits per heavy atom. The second kappa shape index (κ2) is 4.87. The summed E-state index contributed by atoms with van der Waals surface area (Å²) in [6.07, 6.45) is 0.659. The van der Waals surface area contributed by atoms with Gasteiger partial charge in [0.25, 0.3) is 0 Å². The Morgan fingerprint density at radius 3 is 2.94 bits per heavy atom. The van der Waals surface area contributed by atoms with Crippen LogP contribution in [0.25, 0.3) is 0 Å². The summed E-state index contributed by atoms with van der Waals surface area (Å²) in [4.78, 5) is 23.6. The fourth-order valence-corrected chi connectivity index (χ4v) is 1.69. The van der Waals surface area contributed by atoms with Gasteiger partial charge in [-0.1, -0.05) is 41.6 Å². The van der Waals surface area contributed by atoms with E-state index in [1.807, 2.05) is 6.92 Å². The van der Waals surface area contributed by atoms with Crippen LogP contribution in [0.15, 0.2) is 18.2 Å². The Morgan fingerprint density at radius 1 is 1.56 bits per heavy atom. The molecule has 1 aliphatic rings. The summed E-state index contributed by atoms with van der Waals surface area (Å²) in [6, 6.07) is 5.16. The minimum absolute atomic E-state index is 0.245. The third kappa shape index (κ3) is 2.36. The van der Waals surface area contributed by atoms with Gasteiger partial charge < -0.3 is 9.47 Å². The van der Waals surface area contributed by atoms with Crippen molar-refractivity contribution in [1.29, 1.82) is 0 Å². The van der Waals surface area contributed by atoms with E-state index in [-0.39, 0.29) is 18.3 Å². The first kappa shape index (κ1) is 13.3. The molecule has 1 unspecified atom stereocenters. The van der Waals surface area contributed by atoms with Gasteiger partial charge >= 0.3 is 11.9 Å². The van der Waals surface area contributed by atoms with E-state index in [4.69, 9.17) is 9.47 Å². The predicted molar refractivity (Wildman–Crippen MR) is 73.9 cm³/mol. The number of ether oxygens (including phenoxy) is 2. The van der Waals surface area contributed by atoms with E-state index in [2.05, 4.69) is 22.6 Å². The number of halogens is 1. The van der Waals surface area contributed by atoms with Gasteiger partial charge in [-0.05, 0) is 19.4 Å². The van der Waals surface area contributed by atoms with Gasteiger partial charge in [0.2, 0.25) is 0 Å². The van der Waals surface area contributed by atoms with Crippen LogP contribution in [0.2, 0.25) is 0 Å². The van der Waals surface area contributed by atoms with E-state index < -0.39 is 9.39 Å². The Hall–Kier alpha value is -1.11. The van der Waals surface area contributed by atoms with Crippen molar-refractivity contribution in [3.05, 3.63) is 29.3 Å². The zero-order valence-electron chi connectivity index (χ0n) is 10.2. The van der Waals surface area contributed by atoms with E-state index in [9.17, 15) is 9.59 Å². The van der Waals surface area contributed by atoms with Crippen molar-refractivity contribution in [2.75, 3.05) is 0 Å². The largest absolute Gasteiger partial charge is 0.457 e. The van der Waals surface area contributed by atoms with E-state index in [1.54, 1.807) is 25.1 Å². The quantitative estimate of drug-likeness (QED) is 0.360. The SMILES string of the molecule is CCC(C)(I)C(=O)Oc1cccc2c1C(=O)OC2. The molecule has 1 aliphatic heterocycles. The third-order valence-corrected chi connectivity index (χ3v) is 4.17. The molecular weight excluding hydrogens is 347 g/mol. The van der Waals surface area contributed by atoms with Gasteiger partial charge in [-0.2, -0.15) is 0 Å². The number of cyclic esters (lactones) is 1. The Kier molecular flexibility index (Phi) is 3.61. The topological polar surface area (TPSA) is 52.6 Å². The first-order valence-corrected chi connectivity index (χ1v) is 6.74. The molecule has 1 heterocycles. The first-order valence-electron chi connectivity index (χ1n) is 5.66. The highest BCUT2D eigenvalue weighted by Crippen LogP contribution is 2.31. The molecule has 0 N–H and O–H groups in total. The summed E-state index contributed by atoms with van der Waals surface area (Å²) >= 11 is 2.06. The van der Waals surface area contributed by atoms with Gasteiger partial charge in [0.15, 0.2) is 0 Å². The molecule has 5 heteroatoms. The highest BCUT2D eigenvalue weighted by Gasteiger charge is 2.33. The van der Waals surface area contributed by atoms with E-state index in [0.717, 1.165) is 5.56 Å². The average molecular weight is 360 g/mol. The van der Waals surface area contributed by atoms with E-state index in [0.29, 0.717) is 12.0 Å². The molecule has 18 heavy (non-hydrogen) atoms. The molecule has 0 saturated heterocycles. The van der Waals surface area contributed by atoms with Crippen LogP contribution in [0, 0.1) is 0 Å². The summed E-state index contributed by atoms with van der Waals surface area (Å²) < 4.78 is 9.67. The fourth-order valence-electron chi connectivity index (χ4n) is 1.58. The minimum atomic E-state index is -0.594. The van der Waals surface area contributed by atoms with Gasteiger partial charge in [0.1, 0.15) is 21.3 Å². The average Bonchev–Trinajstić information content (AvgIpc) is 2.72. The summed E-state index contributed by atoms with van der Waals surface area (Å²) in [7, 11) is 0. The van der Waals surface area contributed by atoms with Crippen molar-refractivity contribution in [3.8, 4) is 5.75 Å². The highest BCUT2D eigenvalue weighted by atomic mass is 127. The van der Waals surface area contributed by atoms with Crippen molar-refractivity contribution in [3.63, 3.8) is 0 Å². The fraction of sp³-hybridized carbons (Fsp3) is 0.385. The minimum Gasteiger partial charge on any atom is -0.457 e. The molecular formula is C13H13IO4. The van der Waals surface area contributed by atoms with Crippen LogP contribution in [0.5, 0.6) is 5.75 Å². The lowest BCUT2D eigenvalue weighted by molar-refractivity contribution is -0.136. The molecule has 0 spiro atoms. The molecule has 0 aromatic heterocycles. The van der Waals surface area contributed by atoms with Gasteiger partial charge in [0, 0.05) is 5.56 Å². The lowest BCUT2D eigenvalue weighted by atomic mass is 10.1. The van der Waals surface area contributed by atoms with Crippen LogP contribution >= 0.6 is 22.6 Å². The van der Waals surface area contributed by atoms with Crippen LogP contribution in [-0.4, -0.2) is 15.4 Å². The molecule has 1 aromatic rings. The second-order valence-electron chi connectivity index (χ2n) is 4.31. The lowest BCUT2D eigenvalue weighted by Crippen LogP contribution is -2.32. The second-order valence-corrected chi connectivity index (χ2v) is 6.69. The Bertz CT molecular complexity index is 508. The summed E-state index contributed by atoms with van der Waals surface area (Å²) in [6.45, 7) is 3.96. The van der Waals surface area contributed by atoms with Gasteiger partial charge in [-0.25, -0.2) is 4.79 Å². The molecule has 0 saturated carbocycles. The number of carbonyl (C=O) groups is 2. The number of alkyl halides is 1. The maximum absolute atomic E-state index is 12.0. The van der Waals surface area contributed by atoms with Crippen LogP contribution in [-0.2, 0) is 16.1 Å². The predicted octanol–water partition coefficient (Wildman–Crippen LogP) is 2.87. The van der Waals surface area contributed by atoms with Crippen molar-refractivity contribution in [1.82, 2.24) is 0 Å². The number of esters is 2. The normalized spacial score (nSPS) is 16.7. The van der Waals surface area contributed by atoms with E-state index in [1.165, 1.54) is 0 Å². The number of hydrogen-bond donors (Lipinski definition) is 0. The number of benzene rings is 1. The number of fused-ring (bicyclic) bond motifs is 1. The zero-order valence-corrected chi connectivity index (χ0v) is 12.3. The summed E-state index contributed by atoms with van der Waals surface area (Å²) in [5.41, 5.74) is 1.13. The number of rotatable bonds is 3. The summed E-state index contributed by atoms with van der Waals surface area (Å²) in [5, 5.41) is 0. The Balaban J connectivity index is 2.29. The molecule has 1 atom stereocenters. The van der Waals surface area contributed by atoms with Crippen LogP contribution < -0.4 is 4.74 Å². The molecule has 0 bridgehead atoms. The molecule has 0 fully saturated rings. The summed E-state index contributed by atoms with van der Waals surface area (Å²) in [5.74, 6) is -0.491. The highest BCUT2D eigenvalue weighted by molar-refractivity contribution is 14.1. The molecule has 4 nitrogen and oxygen atoms in total. The monoisotopic (exact) mass is 360 g/mol.